The Balaban J connectivity index is 2.23. The third-order valence-electron chi connectivity index (χ3n) is 3.14. The molecule has 0 aliphatic heterocycles. The maximum absolute atomic E-state index is 13.0. The molecule has 0 spiro atoms. The lowest BCUT2D eigenvalue weighted by Crippen LogP contribution is -2.31. The van der Waals surface area contributed by atoms with E-state index >= 15 is 0 Å². The lowest BCUT2D eigenvalue weighted by atomic mass is 10.0. The van der Waals surface area contributed by atoms with Crippen LogP contribution in [0.15, 0.2) is 48.5 Å². The van der Waals surface area contributed by atoms with Gasteiger partial charge in [-0.1, -0.05) is 30.7 Å². The van der Waals surface area contributed by atoms with Crippen LogP contribution in [0.1, 0.15) is 25.0 Å². The molecule has 2 N–H and O–H groups in total. The van der Waals surface area contributed by atoms with Gasteiger partial charge in [-0.15, -0.1) is 0 Å². The van der Waals surface area contributed by atoms with E-state index in [2.05, 4.69) is 0 Å². The Labute approximate surface area is 123 Å². The second-order valence-corrected chi connectivity index (χ2v) is 5.05. The van der Waals surface area contributed by atoms with Crippen LogP contribution in [0.4, 0.5) is 4.39 Å². The van der Waals surface area contributed by atoms with E-state index in [1.54, 1.807) is 36.4 Å². The molecule has 106 valence electrons. The summed E-state index contributed by atoms with van der Waals surface area (Å²) < 4.78 is 19.0. The summed E-state index contributed by atoms with van der Waals surface area (Å²) in [6.07, 6.45) is 0.442. The molecule has 0 bridgehead atoms. The van der Waals surface area contributed by atoms with Gasteiger partial charge in [-0.2, -0.15) is 0 Å². The highest BCUT2D eigenvalue weighted by Crippen LogP contribution is 2.26. The predicted molar refractivity (Wildman–Crippen MR) is 79.5 cm³/mol. The molecule has 0 aromatic heterocycles. The Morgan fingerprint density at radius 2 is 1.70 bits per heavy atom. The van der Waals surface area contributed by atoms with Crippen molar-refractivity contribution in [3.8, 4) is 5.75 Å². The summed E-state index contributed by atoms with van der Waals surface area (Å²) in [5.74, 6) is 0.414. The van der Waals surface area contributed by atoms with E-state index in [1.807, 2.05) is 6.92 Å². The Hall–Kier alpha value is -1.58. The second-order valence-electron chi connectivity index (χ2n) is 4.62. The summed E-state index contributed by atoms with van der Waals surface area (Å²) >= 11 is 5.85. The Bertz CT molecular complexity index is 541. The molecule has 0 fully saturated rings. The monoisotopic (exact) mass is 293 g/mol. The van der Waals surface area contributed by atoms with Crippen LogP contribution in [0.3, 0.4) is 0 Å². The average molecular weight is 294 g/mol. The minimum Gasteiger partial charge on any atom is -0.484 e. The van der Waals surface area contributed by atoms with E-state index in [9.17, 15) is 4.39 Å². The molecule has 0 aliphatic rings. The fraction of sp³-hybridized carbons (Fsp3) is 0.250. The van der Waals surface area contributed by atoms with Crippen LogP contribution in [0.5, 0.6) is 5.75 Å². The fourth-order valence-corrected chi connectivity index (χ4v) is 2.05. The SMILES string of the molecule is CCC(N)C(Oc1ccc(Cl)cc1)c1ccc(F)cc1. The molecule has 20 heavy (non-hydrogen) atoms. The van der Waals surface area contributed by atoms with E-state index in [4.69, 9.17) is 22.1 Å². The smallest absolute Gasteiger partial charge is 0.139 e. The number of rotatable bonds is 5. The lowest BCUT2D eigenvalue weighted by Gasteiger charge is -2.24. The van der Waals surface area contributed by atoms with Gasteiger partial charge in [0.1, 0.15) is 17.7 Å². The second kappa shape index (κ2) is 6.73. The Morgan fingerprint density at radius 1 is 1.10 bits per heavy atom. The first kappa shape index (κ1) is 14.8. The summed E-state index contributed by atoms with van der Waals surface area (Å²) in [4.78, 5) is 0. The minimum absolute atomic E-state index is 0.170. The number of hydrogen-bond acceptors (Lipinski definition) is 2. The van der Waals surface area contributed by atoms with E-state index < -0.39 is 0 Å². The maximum Gasteiger partial charge on any atom is 0.139 e. The van der Waals surface area contributed by atoms with Crippen molar-refractivity contribution < 1.29 is 9.13 Å². The first-order valence-corrected chi connectivity index (χ1v) is 6.91. The molecule has 2 aromatic rings. The molecule has 4 heteroatoms. The van der Waals surface area contributed by atoms with Gasteiger partial charge in [-0.25, -0.2) is 4.39 Å². The van der Waals surface area contributed by atoms with Crippen LogP contribution < -0.4 is 10.5 Å². The summed E-state index contributed by atoms with van der Waals surface area (Å²) in [6.45, 7) is 1.99. The molecule has 0 saturated heterocycles. The van der Waals surface area contributed by atoms with Crippen molar-refractivity contribution in [3.63, 3.8) is 0 Å². The molecule has 0 radical (unpaired) electrons. The molecule has 2 rings (SSSR count). The van der Waals surface area contributed by atoms with Gasteiger partial charge in [-0.05, 0) is 48.4 Å². The van der Waals surface area contributed by atoms with Gasteiger partial charge < -0.3 is 10.5 Å². The summed E-state index contributed by atoms with van der Waals surface area (Å²) in [7, 11) is 0. The predicted octanol–water partition coefficient (Wildman–Crippen LogP) is 4.34. The van der Waals surface area contributed by atoms with Crippen LogP contribution in [-0.2, 0) is 0 Å². The van der Waals surface area contributed by atoms with Crippen molar-refractivity contribution in [3.05, 3.63) is 64.9 Å². The molecule has 0 heterocycles. The highest BCUT2D eigenvalue weighted by molar-refractivity contribution is 6.30. The zero-order valence-corrected chi connectivity index (χ0v) is 12.0. The largest absolute Gasteiger partial charge is 0.484 e. The van der Waals surface area contributed by atoms with E-state index in [-0.39, 0.29) is 18.0 Å². The molecule has 2 nitrogen and oxygen atoms in total. The first-order valence-electron chi connectivity index (χ1n) is 6.53. The lowest BCUT2D eigenvalue weighted by molar-refractivity contribution is 0.171. The third kappa shape index (κ3) is 3.71. The van der Waals surface area contributed by atoms with Crippen molar-refractivity contribution >= 4 is 11.6 Å². The molecule has 0 aliphatic carbocycles. The molecule has 2 unspecified atom stereocenters. The minimum atomic E-state index is -0.318. The van der Waals surface area contributed by atoms with Crippen LogP contribution in [0.2, 0.25) is 5.02 Å². The van der Waals surface area contributed by atoms with Crippen molar-refractivity contribution in [2.75, 3.05) is 0 Å². The first-order chi connectivity index (χ1) is 9.60. The maximum atomic E-state index is 13.0. The normalized spacial score (nSPS) is 13.8. The van der Waals surface area contributed by atoms with Gasteiger partial charge in [0.05, 0.1) is 0 Å². The van der Waals surface area contributed by atoms with Crippen molar-refractivity contribution in [2.45, 2.75) is 25.5 Å². The highest BCUT2D eigenvalue weighted by atomic mass is 35.5. The zero-order chi connectivity index (χ0) is 14.5. The zero-order valence-electron chi connectivity index (χ0n) is 11.2. The van der Waals surface area contributed by atoms with Gasteiger partial charge in [0.2, 0.25) is 0 Å². The number of nitrogens with two attached hydrogens (primary N) is 1. The van der Waals surface area contributed by atoms with Crippen molar-refractivity contribution in [2.24, 2.45) is 5.73 Å². The number of halogens is 2. The van der Waals surface area contributed by atoms with Gasteiger partial charge in [0.15, 0.2) is 0 Å². The van der Waals surface area contributed by atoms with Crippen LogP contribution >= 0.6 is 11.6 Å². The molecule has 0 amide bonds. The fourth-order valence-electron chi connectivity index (χ4n) is 1.93. The topological polar surface area (TPSA) is 35.2 Å². The van der Waals surface area contributed by atoms with Gasteiger partial charge in [0, 0.05) is 11.1 Å². The number of ether oxygens (including phenoxy) is 1. The molecule has 0 saturated carbocycles. The third-order valence-corrected chi connectivity index (χ3v) is 3.39. The Kier molecular flexibility index (Phi) is 4.99. The van der Waals surface area contributed by atoms with Gasteiger partial charge in [0.25, 0.3) is 0 Å². The van der Waals surface area contributed by atoms with Crippen LogP contribution in [0.25, 0.3) is 0 Å². The van der Waals surface area contributed by atoms with Crippen molar-refractivity contribution in [1.29, 1.82) is 0 Å². The molecule has 2 atom stereocenters. The standard InChI is InChI=1S/C16H17ClFNO/c1-2-15(19)16(11-3-7-13(18)8-4-11)20-14-9-5-12(17)6-10-14/h3-10,15-16H,2,19H2,1H3. The van der Waals surface area contributed by atoms with Crippen molar-refractivity contribution in [1.82, 2.24) is 0 Å². The van der Waals surface area contributed by atoms with Crippen LogP contribution in [0, 0.1) is 5.82 Å². The molecule has 2 aromatic carbocycles. The van der Waals surface area contributed by atoms with E-state index in [0.717, 1.165) is 12.0 Å². The summed E-state index contributed by atoms with van der Waals surface area (Å²) in [5, 5.41) is 0.649. The molecular formula is C16H17ClFNO. The number of hydrogen-bond donors (Lipinski definition) is 1. The Morgan fingerprint density at radius 3 is 2.25 bits per heavy atom. The highest BCUT2D eigenvalue weighted by Gasteiger charge is 2.20. The van der Waals surface area contributed by atoms with Crippen LogP contribution in [-0.4, -0.2) is 6.04 Å². The summed E-state index contributed by atoms with van der Waals surface area (Å²) in [6, 6.07) is 13.2. The van der Waals surface area contributed by atoms with Gasteiger partial charge >= 0.3 is 0 Å². The average Bonchev–Trinajstić information content (AvgIpc) is 2.47. The quantitative estimate of drug-likeness (QED) is 0.890. The van der Waals surface area contributed by atoms with Gasteiger partial charge in [-0.3, -0.25) is 0 Å². The van der Waals surface area contributed by atoms with E-state index in [0.29, 0.717) is 10.8 Å². The van der Waals surface area contributed by atoms with E-state index in [1.165, 1.54) is 12.1 Å². The molecular weight excluding hydrogens is 277 g/mol. The summed E-state index contributed by atoms with van der Waals surface area (Å²) in [5.41, 5.74) is 6.98. The number of benzene rings is 2.